The van der Waals surface area contributed by atoms with E-state index in [9.17, 15) is 9.59 Å². The number of aromatic amines is 1. The maximum atomic E-state index is 12.0. The number of hydrogen-bond donors (Lipinski definition) is 2. The Balaban J connectivity index is 1.90. The predicted octanol–water partition coefficient (Wildman–Crippen LogP) is 2.25. The Kier molecular flexibility index (Phi) is 3.41. The first-order valence-corrected chi connectivity index (χ1v) is 6.92. The van der Waals surface area contributed by atoms with E-state index < -0.39 is 11.5 Å². The van der Waals surface area contributed by atoms with Crippen molar-refractivity contribution in [3.8, 4) is 5.75 Å². The van der Waals surface area contributed by atoms with Crippen LogP contribution in [0.3, 0.4) is 0 Å². The van der Waals surface area contributed by atoms with Crippen molar-refractivity contribution in [2.45, 2.75) is 0 Å². The standard InChI is InChI=1S/C14H11N3O3S/c1-20-8-4-5-10-11(7-8)21-14(16-10)17-13(19)9-3-2-6-15-12(9)18/h2-7H,1H3,(H,15,18)(H,16,17,19). The summed E-state index contributed by atoms with van der Waals surface area (Å²) < 4.78 is 6.04. The number of nitrogens with zero attached hydrogens (tertiary/aromatic N) is 1. The van der Waals surface area contributed by atoms with Crippen LogP contribution in [0.2, 0.25) is 0 Å². The molecular formula is C14H11N3O3S. The van der Waals surface area contributed by atoms with Gasteiger partial charge in [0, 0.05) is 6.20 Å². The van der Waals surface area contributed by atoms with Crippen LogP contribution in [0.25, 0.3) is 10.2 Å². The molecule has 0 fully saturated rings. The van der Waals surface area contributed by atoms with E-state index in [2.05, 4.69) is 15.3 Å². The topological polar surface area (TPSA) is 84.1 Å². The third-order valence-electron chi connectivity index (χ3n) is 2.88. The number of carbonyl (C=O) groups is 1. The number of methoxy groups -OCH3 is 1. The van der Waals surface area contributed by atoms with Gasteiger partial charge in [0.2, 0.25) is 0 Å². The summed E-state index contributed by atoms with van der Waals surface area (Å²) in [5, 5.41) is 3.07. The minimum absolute atomic E-state index is 0.0503. The normalized spacial score (nSPS) is 10.5. The van der Waals surface area contributed by atoms with Crippen molar-refractivity contribution in [1.82, 2.24) is 9.97 Å². The highest BCUT2D eigenvalue weighted by molar-refractivity contribution is 7.22. The molecule has 0 unspecified atom stereocenters. The number of fused-ring (bicyclic) bond motifs is 1. The van der Waals surface area contributed by atoms with Crippen molar-refractivity contribution in [3.63, 3.8) is 0 Å². The van der Waals surface area contributed by atoms with Gasteiger partial charge in [0.1, 0.15) is 11.3 Å². The largest absolute Gasteiger partial charge is 0.497 e. The Labute approximate surface area is 123 Å². The number of aromatic nitrogens is 2. The van der Waals surface area contributed by atoms with Crippen LogP contribution < -0.4 is 15.6 Å². The number of ether oxygens (including phenoxy) is 1. The molecule has 0 atom stereocenters. The molecule has 106 valence electrons. The van der Waals surface area contributed by atoms with Gasteiger partial charge >= 0.3 is 0 Å². The zero-order valence-electron chi connectivity index (χ0n) is 11.0. The summed E-state index contributed by atoms with van der Waals surface area (Å²) in [6.07, 6.45) is 1.48. The highest BCUT2D eigenvalue weighted by Crippen LogP contribution is 2.29. The monoisotopic (exact) mass is 301 g/mol. The van der Waals surface area contributed by atoms with Crippen LogP contribution in [-0.4, -0.2) is 23.0 Å². The first-order chi connectivity index (χ1) is 10.2. The Morgan fingerprint density at radius 2 is 2.24 bits per heavy atom. The summed E-state index contributed by atoms with van der Waals surface area (Å²) in [4.78, 5) is 30.4. The van der Waals surface area contributed by atoms with Crippen molar-refractivity contribution in [1.29, 1.82) is 0 Å². The van der Waals surface area contributed by atoms with Gasteiger partial charge in [-0.15, -0.1) is 0 Å². The third kappa shape index (κ3) is 2.63. The van der Waals surface area contributed by atoms with Gasteiger partial charge in [0.15, 0.2) is 5.13 Å². The van der Waals surface area contributed by atoms with Crippen molar-refractivity contribution in [3.05, 3.63) is 52.4 Å². The van der Waals surface area contributed by atoms with Crippen LogP contribution >= 0.6 is 11.3 Å². The van der Waals surface area contributed by atoms with Crippen LogP contribution in [0, 0.1) is 0 Å². The number of hydrogen-bond acceptors (Lipinski definition) is 5. The molecule has 1 aromatic carbocycles. The number of pyridine rings is 1. The fourth-order valence-electron chi connectivity index (χ4n) is 1.85. The molecule has 3 aromatic rings. The van der Waals surface area contributed by atoms with E-state index in [-0.39, 0.29) is 5.56 Å². The first-order valence-electron chi connectivity index (χ1n) is 6.11. The molecule has 0 saturated carbocycles. The van der Waals surface area contributed by atoms with Crippen molar-refractivity contribution >= 4 is 32.6 Å². The van der Waals surface area contributed by atoms with Gasteiger partial charge in [0.25, 0.3) is 11.5 Å². The van der Waals surface area contributed by atoms with Gasteiger partial charge in [-0.25, -0.2) is 4.98 Å². The highest BCUT2D eigenvalue weighted by Gasteiger charge is 2.12. The molecule has 0 aliphatic heterocycles. The second kappa shape index (κ2) is 5.37. The SMILES string of the molecule is COc1ccc2nc(NC(=O)c3ccc[nH]c3=O)sc2c1. The number of anilines is 1. The lowest BCUT2D eigenvalue weighted by Crippen LogP contribution is -2.22. The molecule has 0 aliphatic carbocycles. The third-order valence-corrected chi connectivity index (χ3v) is 3.81. The van der Waals surface area contributed by atoms with E-state index in [1.54, 1.807) is 19.2 Å². The fourth-order valence-corrected chi connectivity index (χ4v) is 2.74. The van der Waals surface area contributed by atoms with E-state index in [1.807, 2.05) is 12.1 Å². The van der Waals surface area contributed by atoms with Crippen LogP contribution in [0.4, 0.5) is 5.13 Å². The molecular weight excluding hydrogens is 290 g/mol. The Bertz CT molecular complexity index is 869. The molecule has 1 amide bonds. The summed E-state index contributed by atoms with van der Waals surface area (Å²) in [5.41, 5.74) is 0.380. The Hall–Kier alpha value is -2.67. The molecule has 6 nitrogen and oxygen atoms in total. The zero-order chi connectivity index (χ0) is 14.8. The molecule has 0 spiro atoms. The van der Waals surface area contributed by atoms with Crippen LogP contribution in [-0.2, 0) is 0 Å². The van der Waals surface area contributed by atoms with Gasteiger partial charge < -0.3 is 9.72 Å². The lowest BCUT2D eigenvalue weighted by molar-refractivity contribution is 0.102. The molecule has 0 bridgehead atoms. The Morgan fingerprint density at radius 1 is 1.38 bits per heavy atom. The van der Waals surface area contributed by atoms with Gasteiger partial charge in [-0.05, 0) is 30.3 Å². The van der Waals surface area contributed by atoms with E-state index in [0.717, 1.165) is 16.0 Å². The van der Waals surface area contributed by atoms with E-state index in [0.29, 0.717) is 5.13 Å². The molecule has 7 heteroatoms. The van der Waals surface area contributed by atoms with Crippen LogP contribution in [0.1, 0.15) is 10.4 Å². The number of rotatable bonds is 3. The van der Waals surface area contributed by atoms with E-state index in [4.69, 9.17) is 4.74 Å². The summed E-state index contributed by atoms with van der Waals surface area (Å²) in [6, 6.07) is 8.52. The number of amides is 1. The molecule has 2 heterocycles. The second-order valence-electron chi connectivity index (χ2n) is 4.22. The summed E-state index contributed by atoms with van der Waals surface area (Å²) in [6.45, 7) is 0. The number of carbonyl (C=O) groups excluding carboxylic acids is 1. The molecule has 21 heavy (non-hydrogen) atoms. The van der Waals surface area contributed by atoms with Crippen molar-refractivity contribution < 1.29 is 9.53 Å². The maximum Gasteiger partial charge on any atom is 0.263 e. The average molecular weight is 301 g/mol. The number of benzene rings is 1. The highest BCUT2D eigenvalue weighted by atomic mass is 32.1. The lowest BCUT2D eigenvalue weighted by Gasteiger charge is -1.99. The van der Waals surface area contributed by atoms with Crippen LogP contribution in [0.15, 0.2) is 41.3 Å². The number of H-pyrrole nitrogens is 1. The maximum absolute atomic E-state index is 12.0. The molecule has 3 rings (SSSR count). The zero-order valence-corrected chi connectivity index (χ0v) is 11.9. The van der Waals surface area contributed by atoms with Gasteiger partial charge in [-0.3, -0.25) is 14.9 Å². The lowest BCUT2D eigenvalue weighted by atomic mass is 10.3. The summed E-state index contributed by atoms with van der Waals surface area (Å²) in [7, 11) is 1.59. The summed E-state index contributed by atoms with van der Waals surface area (Å²) in [5.74, 6) is 0.242. The quantitative estimate of drug-likeness (QED) is 0.777. The number of nitrogens with one attached hydrogen (secondary N) is 2. The predicted molar refractivity (Wildman–Crippen MR) is 81.2 cm³/mol. The molecule has 2 aromatic heterocycles. The van der Waals surface area contributed by atoms with Crippen LogP contribution in [0.5, 0.6) is 5.75 Å². The van der Waals surface area contributed by atoms with Gasteiger partial charge in [0.05, 0.1) is 17.3 Å². The first kappa shape index (κ1) is 13.3. The molecule has 2 N–H and O–H groups in total. The minimum Gasteiger partial charge on any atom is -0.497 e. The van der Waals surface area contributed by atoms with E-state index >= 15 is 0 Å². The fraction of sp³-hybridized carbons (Fsp3) is 0.0714. The second-order valence-corrected chi connectivity index (χ2v) is 5.25. The van der Waals surface area contributed by atoms with Crippen molar-refractivity contribution in [2.24, 2.45) is 0 Å². The smallest absolute Gasteiger partial charge is 0.263 e. The van der Waals surface area contributed by atoms with Gasteiger partial charge in [-0.2, -0.15) is 0 Å². The summed E-state index contributed by atoms with van der Waals surface area (Å²) >= 11 is 1.32. The molecule has 0 aliphatic rings. The molecule has 0 saturated heterocycles. The number of thiazole rings is 1. The van der Waals surface area contributed by atoms with Gasteiger partial charge in [-0.1, -0.05) is 11.3 Å². The van der Waals surface area contributed by atoms with E-state index in [1.165, 1.54) is 23.6 Å². The average Bonchev–Trinajstić information content (AvgIpc) is 2.88. The van der Waals surface area contributed by atoms with Crippen molar-refractivity contribution in [2.75, 3.05) is 12.4 Å². The minimum atomic E-state index is -0.483. The molecule has 0 radical (unpaired) electrons. The Morgan fingerprint density at radius 3 is 3.00 bits per heavy atom.